The van der Waals surface area contributed by atoms with E-state index in [1.807, 2.05) is 13.8 Å². The Morgan fingerprint density at radius 1 is 1.29 bits per heavy atom. The molecule has 130 valence electrons. The minimum atomic E-state index is -0.469. The Balaban J connectivity index is 2.28. The minimum absolute atomic E-state index is 0.209. The molecule has 0 bridgehead atoms. The number of amides is 2. The molecule has 1 N–H and O–H groups in total. The van der Waals surface area contributed by atoms with Gasteiger partial charge in [0.25, 0.3) is 5.91 Å². The Hall–Kier alpha value is -2.16. The maximum atomic E-state index is 12.6. The lowest BCUT2D eigenvalue weighted by atomic mass is 10.2. The molecule has 2 aromatic rings. The van der Waals surface area contributed by atoms with Gasteiger partial charge in [0.05, 0.1) is 22.6 Å². The first kappa shape index (κ1) is 18.2. The summed E-state index contributed by atoms with van der Waals surface area (Å²) in [5.74, 6) is -0.448. The summed E-state index contributed by atoms with van der Waals surface area (Å²) in [5, 5.41) is 11.2. The number of nitrogens with one attached hydrogen (secondary N) is 1. The van der Waals surface area contributed by atoms with Crippen LogP contribution in [-0.2, 0) is 11.3 Å². The monoisotopic (exact) mass is 396 g/mol. The molecule has 2 heterocycles. The van der Waals surface area contributed by atoms with Crippen LogP contribution in [0.2, 0.25) is 0 Å². The van der Waals surface area contributed by atoms with Crippen molar-refractivity contribution in [3.8, 4) is 0 Å². The van der Waals surface area contributed by atoms with E-state index in [-0.39, 0.29) is 11.8 Å². The van der Waals surface area contributed by atoms with Crippen LogP contribution in [0.15, 0.2) is 23.1 Å². The van der Waals surface area contributed by atoms with E-state index in [4.69, 9.17) is 0 Å². The van der Waals surface area contributed by atoms with E-state index in [0.29, 0.717) is 24.3 Å². The number of rotatable bonds is 6. The summed E-state index contributed by atoms with van der Waals surface area (Å²) >= 11 is 3.33. The largest absolute Gasteiger partial charge is 0.343 e. The molecule has 0 aromatic carbocycles. The van der Waals surface area contributed by atoms with Gasteiger partial charge in [0, 0.05) is 26.8 Å². The van der Waals surface area contributed by atoms with Gasteiger partial charge in [-0.05, 0) is 29.3 Å². The van der Waals surface area contributed by atoms with Crippen molar-refractivity contribution >= 4 is 33.4 Å². The molecule has 0 radical (unpaired) electrons. The lowest BCUT2D eigenvalue weighted by molar-refractivity contribution is -0.119. The molecule has 8 nitrogen and oxygen atoms in total. The highest BCUT2D eigenvalue weighted by Gasteiger charge is 2.25. The summed E-state index contributed by atoms with van der Waals surface area (Å²) in [6.07, 6.45) is 5.45. The smallest absolute Gasteiger partial charge is 0.273 e. The molecule has 0 fully saturated rings. The zero-order valence-electron chi connectivity index (χ0n) is 14.2. The minimum Gasteiger partial charge on any atom is -0.343 e. The van der Waals surface area contributed by atoms with Crippen LogP contribution in [0.3, 0.4) is 0 Å². The van der Waals surface area contributed by atoms with Gasteiger partial charge in [-0.15, -0.1) is 0 Å². The van der Waals surface area contributed by atoms with Gasteiger partial charge in [-0.1, -0.05) is 6.92 Å². The highest BCUT2D eigenvalue weighted by atomic mass is 79.9. The Bertz CT molecular complexity index is 736. The van der Waals surface area contributed by atoms with Crippen LogP contribution in [0, 0.1) is 0 Å². The van der Waals surface area contributed by atoms with Crippen molar-refractivity contribution in [1.29, 1.82) is 0 Å². The number of anilines is 1. The van der Waals surface area contributed by atoms with E-state index in [9.17, 15) is 9.59 Å². The van der Waals surface area contributed by atoms with Crippen LogP contribution in [0.4, 0.5) is 5.69 Å². The van der Waals surface area contributed by atoms with Gasteiger partial charge in [0.15, 0.2) is 0 Å². The second-order valence-corrected chi connectivity index (χ2v) is 6.39. The second-order valence-electron chi connectivity index (χ2n) is 5.47. The Kier molecular flexibility index (Phi) is 5.76. The maximum absolute atomic E-state index is 12.6. The van der Waals surface area contributed by atoms with Gasteiger partial charge in [0.1, 0.15) is 11.7 Å². The normalized spacial score (nSPS) is 12.0. The number of halogens is 1. The van der Waals surface area contributed by atoms with Crippen molar-refractivity contribution in [1.82, 2.24) is 24.5 Å². The van der Waals surface area contributed by atoms with E-state index in [2.05, 4.69) is 31.4 Å². The SMILES string of the molecule is CCC(C(=O)Nc1cnn(CC)c1C(=O)N(C)C)n1cc(Br)cn1. The molecule has 2 rings (SSSR count). The second kappa shape index (κ2) is 7.61. The average molecular weight is 397 g/mol. The summed E-state index contributed by atoms with van der Waals surface area (Å²) in [5.41, 5.74) is 0.776. The van der Waals surface area contributed by atoms with Crippen molar-refractivity contribution < 1.29 is 9.59 Å². The van der Waals surface area contributed by atoms with Gasteiger partial charge in [-0.3, -0.25) is 19.0 Å². The number of aryl methyl sites for hydroxylation is 1. The summed E-state index contributed by atoms with van der Waals surface area (Å²) in [6, 6.07) is -0.469. The third-order valence-corrected chi connectivity index (χ3v) is 3.99. The van der Waals surface area contributed by atoms with Crippen molar-refractivity contribution in [2.24, 2.45) is 0 Å². The predicted octanol–water partition coefficient (Wildman–Crippen LogP) is 2.15. The van der Waals surface area contributed by atoms with Gasteiger partial charge in [-0.2, -0.15) is 10.2 Å². The number of carbonyl (C=O) groups is 2. The van der Waals surface area contributed by atoms with Gasteiger partial charge in [0.2, 0.25) is 5.91 Å². The highest BCUT2D eigenvalue weighted by Crippen LogP contribution is 2.21. The van der Waals surface area contributed by atoms with Crippen LogP contribution in [0.25, 0.3) is 0 Å². The zero-order valence-corrected chi connectivity index (χ0v) is 15.7. The molecule has 1 unspecified atom stereocenters. The number of hydrogen-bond acceptors (Lipinski definition) is 4. The van der Waals surface area contributed by atoms with Gasteiger partial charge in [-0.25, -0.2) is 0 Å². The molecule has 2 aromatic heterocycles. The molecule has 0 aliphatic heterocycles. The molecule has 0 aliphatic rings. The van der Waals surface area contributed by atoms with Crippen LogP contribution in [-0.4, -0.2) is 50.4 Å². The predicted molar refractivity (Wildman–Crippen MR) is 93.8 cm³/mol. The fraction of sp³-hybridized carbons (Fsp3) is 0.467. The van der Waals surface area contributed by atoms with Gasteiger partial charge >= 0.3 is 0 Å². The summed E-state index contributed by atoms with van der Waals surface area (Å²) in [6.45, 7) is 4.33. The first-order valence-electron chi connectivity index (χ1n) is 7.67. The first-order chi connectivity index (χ1) is 11.4. The van der Waals surface area contributed by atoms with Gasteiger partial charge < -0.3 is 10.2 Å². The average Bonchev–Trinajstić information content (AvgIpc) is 3.13. The lowest BCUT2D eigenvalue weighted by Crippen LogP contribution is -2.29. The van der Waals surface area contributed by atoms with Crippen LogP contribution >= 0.6 is 15.9 Å². The van der Waals surface area contributed by atoms with E-state index in [1.54, 1.807) is 35.9 Å². The summed E-state index contributed by atoms with van der Waals surface area (Å²) in [4.78, 5) is 26.5. The first-order valence-corrected chi connectivity index (χ1v) is 8.46. The van der Waals surface area contributed by atoms with E-state index in [0.717, 1.165) is 4.47 Å². The molecule has 2 amide bonds. The molecule has 24 heavy (non-hydrogen) atoms. The Morgan fingerprint density at radius 3 is 2.50 bits per heavy atom. The maximum Gasteiger partial charge on any atom is 0.273 e. The molecular weight excluding hydrogens is 376 g/mol. The Morgan fingerprint density at radius 2 is 2.00 bits per heavy atom. The molecule has 9 heteroatoms. The number of aromatic nitrogens is 4. The molecule has 0 aliphatic carbocycles. The number of nitrogens with zero attached hydrogens (tertiary/aromatic N) is 5. The third kappa shape index (κ3) is 3.66. The lowest BCUT2D eigenvalue weighted by Gasteiger charge is -2.17. The Labute approximate surface area is 148 Å². The van der Waals surface area contributed by atoms with Crippen LogP contribution < -0.4 is 5.32 Å². The highest BCUT2D eigenvalue weighted by molar-refractivity contribution is 9.10. The number of carbonyl (C=O) groups excluding carboxylic acids is 2. The topological polar surface area (TPSA) is 85.0 Å². The van der Waals surface area contributed by atoms with Crippen molar-refractivity contribution in [3.05, 3.63) is 28.8 Å². The zero-order chi connectivity index (χ0) is 17.9. The molecule has 0 spiro atoms. The quantitative estimate of drug-likeness (QED) is 0.810. The van der Waals surface area contributed by atoms with Crippen LogP contribution in [0.1, 0.15) is 36.8 Å². The summed E-state index contributed by atoms with van der Waals surface area (Å²) in [7, 11) is 3.33. The third-order valence-electron chi connectivity index (χ3n) is 3.58. The molecule has 0 saturated carbocycles. The van der Waals surface area contributed by atoms with Crippen molar-refractivity contribution in [2.45, 2.75) is 32.9 Å². The fourth-order valence-corrected chi connectivity index (χ4v) is 2.65. The van der Waals surface area contributed by atoms with Crippen molar-refractivity contribution in [2.75, 3.05) is 19.4 Å². The molecule has 1 atom stereocenters. The van der Waals surface area contributed by atoms with E-state index < -0.39 is 6.04 Å². The number of hydrogen-bond donors (Lipinski definition) is 1. The van der Waals surface area contributed by atoms with E-state index >= 15 is 0 Å². The standard InChI is InChI=1S/C15H21BrN6O2/c1-5-12(22-9-10(16)7-17-22)14(23)19-11-8-18-21(6-2)13(11)15(24)20(3)4/h7-9,12H,5-6H2,1-4H3,(H,19,23). The van der Waals surface area contributed by atoms with E-state index in [1.165, 1.54) is 11.1 Å². The van der Waals surface area contributed by atoms with Crippen LogP contribution in [0.5, 0.6) is 0 Å². The molecular formula is C15H21BrN6O2. The molecule has 0 saturated heterocycles. The van der Waals surface area contributed by atoms with Crippen molar-refractivity contribution in [3.63, 3.8) is 0 Å². The summed E-state index contributed by atoms with van der Waals surface area (Å²) < 4.78 is 3.97. The fourth-order valence-electron chi connectivity index (χ4n) is 2.35.